The summed E-state index contributed by atoms with van der Waals surface area (Å²) in [5, 5.41) is 1.57. The number of fused-ring (bicyclic) bond motifs is 1. The highest BCUT2D eigenvalue weighted by Crippen LogP contribution is 2.46. The number of nitrogens with two attached hydrogens (primary N) is 1. The molecule has 5 heteroatoms. The largest absolute Gasteiger partial charge is 0.324 e. The number of benzene rings is 2. The van der Waals surface area contributed by atoms with Crippen LogP contribution in [0.2, 0.25) is 20.1 Å². The van der Waals surface area contributed by atoms with Crippen molar-refractivity contribution in [2.24, 2.45) is 5.73 Å². The van der Waals surface area contributed by atoms with Crippen LogP contribution in [0.4, 0.5) is 0 Å². The van der Waals surface area contributed by atoms with E-state index in [1.807, 2.05) is 12.1 Å². The summed E-state index contributed by atoms with van der Waals surface area (Å²) in [7, 11) is 0. The fourth-order valence-corrected chi connectivity index (χ4v) is 3.85. The predicted molar refractivity (Wildman–Crippen MR) is 87.2 cm³/mol. The Labute approximate surface area is 137 Å². The van der Waals surface area contributed by atoms with Gasteiger partial charge in [-0.25, -0.2) is 0 Å². The van der Waals surface area contributed by atoms with Gasteiger partial charge in [-0.15, -0.1) is 0 Å². The minimum atomic E-state index is 0.0743. The van der Waals surface area contributed by atoms with E-state index in [0.29, 0.717) is 20.1 Å². The summed E-state index contributed by atoms with van der Waals surface area (Å²) in [5.41, 5.74) is 10.2. The Morgan fingerprint density at radius 2 is 1.75 bits per heavy atom. The molecule has 1 aliphatic carbocycles. The molecule has 1 nitrogen and oxygen atoms in total. The van der Waals surface area contributed by atoms with E-state index in [4.69, 9.17) is 52.1 Å². The second-order valence-electron chi connectivity index (χ2n) is 4.86. The molecule has 104 valence electrons. The minimum Gasteiger partial charge on any atom is -0.324 e. The summed E-state index contributed by atoms with van der Waals surface area (Å²) in [6, 6.07) is 7.71. The zero-order chi connectivity index (χ0) is 14.4. The van der Waals surface area contributed by atoms with Crippen molar-refractivity contribution >= 4 is 46.4 Å². The van der Waals surface area contributed by atoms with Crippen LogP contribution in [-0.2, 0) is 6.42 Å². The summed E-state index contributed by atoms with van der Waals surface area (Å²) in [6.07, 6.45) is 1.85. The molecule has 1 aliphatic rings. The summed E-state index contributed by atoms with van der Waals surface area (Å²) in [4.78, 5) is 0. The van der Waals surface area contributed by atoms with E-state index in [0.717, 1.165) is 29.5 Å². The van der Waals surface area contributed by atoms with Crippen LogP contribution in [0.15, 0.2) is 24.3 Å². The molecule has 0 aromatic heterocycles. The van der Waals surface area contributed by atoms with Gasteiger partial charge in [-0.2, -0.15) is 0 Å². The number of hydrogen-bond donors (Lipinski definition) is 1. The van der Waals surface area contributed by atoms with Crippen LogP contribution in [0.3, 0.4) is 0 Å². The van der Waals surface area contributed by atoms with Crippen LogP contribution < -0.4 is 5.73 Å². The zero-order valence-electron chi connectivity index (χ0n) is 10.4. The maximum atomic E-state index is 6.34. The number of hydrogen-bond acceptors (Lipinski definition) is 1. The first-order chi connectivity index (χ1) is 9.50. The predicted octanol–water partition coefficient (Wildman–Crippen LogP) is 5.91. The Balaban J connectivity index is 2.29. The summed E-state index contributed by atoms with van der Waals surface area (Å²) in [5.74, 6) is 0. The average molecular weight is 347 g/mol. The molecule has 0 spiro atoms. The highest BCUT2D eigenvalue weighted by molar-refractivity contribution is 6.51. The van der Waals surface area contributed by atoms with Gasteiger partial charge in [-0.3, -0.25) is 0 Å². The molecular formula is C15H11Cl4N. The Bertz CT molecular complexity index is 697. The molecule has 2 aromatic carbocycles. The molecule has 2 N–H and O–H groups in total. The third kappa shape index (κ3) is 2.22. The second-order valence-corrected chi connectivity index (χ2v) is 6.43. The van der Waals surface area contributed by atoms with E-state index in [9.17, 15) is 0 Å². The maximum absolute atomic E-state index is 6.34. The molecule has 0 amide bonds. The number of rotatable bonds is 1. The van der Waals surface area contributed by atoms with Gasteiger partial charge in [0, 0.05) is 11.6 Å². The van der Waals surface area contributed by atoms with Crippen molar-refractivity contribution in [2.45, 2.75) is 18.9 Å². The van der Waals surface area contributed by atoms with Crippen molar-refractivity contribution in [3.63, 3.8) is 0 Å². The van der Waals surface area contributed by atoms with E-state index in [1.165, 1.54) is 5.56 Å². The molecule has 0 heterocycles. The maximum Gasteiger partial charge on any atom is 0.0785 e. The van der Waals surface area contributed by atoms with Crippen LogP contribution in [0, 0.1) is 0 Å². The van der Waals surface area contributed by atoms with E-state index >= 15 is 0 Å². The second kappa shape index (κ2) is 5.40. The van der Waals surface area contributed by atoms with Gasteiger partial charge in [-0.1, -0.05) is 64.6 Å². The first kappa shape index (κ1) is 14.5. The van der Waals surface area contributed by atoms with Gasteiger partial charge < -0.3 is 5.73 Å². The molecule has 2 aromatic rings. The Morgan fingerprint density at radius 1 is 1.00 bits per heavy atom. The lowest BCUT2D eigenvalue weighted by Gasteiger charge is -2.14. The summed E-state index contributed by atoms with van der Waals surface area (Å²) >= 11 is 24.8. The Hall–Kier alpha value is -0.440. The lowest BCUT2D eigenvalue weighted by atomic mass is 9.96. The SMILES string of the molecule is NC1CCc2c(-c3c(Cl)cc(Cl)c(Cl)c3Cl)cccc21. The van der Waals surface area contributed by atoms with Gasteiger partial charge in [0.05, 0.1) is 20.1 Å². The zero-order valence-corrected chi connectivity index (χ0v) is 13.4. The normalized spacial score (nSPS) is 17.4. The van der Waals surface area contributed by atoms with Crippen molar-refractivity contribution in [3.05, 3.63) is 55.5 Å². The van der Waals surface area contributed by atoms with Gasteiger partial charge in [0.1, 0.15) is 0 Å². The minimum absolute atomic E-state index is 0.0743. The van der Waals surface area contributed by atoms with Crippen LogP contribution >= 0.6 is 46.4 Å². The van der Waals surface area contributed by atoms with E-state index in [2.05, 4.69) is 6.07 Å². The van der Waals surface area contributed by atoms with Gasteiger partial charge >= 0.3 is 0 Å². The molecule has 0 fully saturated rings. The van der Waals surface area contributed by atoms with E-state index < -0.39 is 0 Å². The molecular weight excluding hydrogens is 336 g/mol. The molecule has 0 aliphatic heterocycles. The van der Waals surface area contributed by atoms with Gasteiger partial charge in [0.2, 0.25) is 0 Å². The third-order valence-electron chi connectivity index (χ3n) is 3.70. The third-order valence-corrected chi connectivity index (χ3v) is 5.26. The topological polar surface area (TPSA) is 26.0 Å². The lowest BCUT2D eigenvalue weighted by molar-refractivity contribution is 0.713. The van der Waals surface area contributed by atoms with Crippen molar-refractivity contribution in [1.82, 2.24) is 0 Å². The Kier molecular flexibility index (Phi) is 3.91. The fourth-order valence-electron chi connectivity index (χ4n) is 2.73. The summed E-state index contributed by atoms with van der Waals surface area (Å²) < 4.78 is 0. The number of halogens is 4. The highest BCUT2D eigenvalue weighted by Gasteiger charge is 2.25. The molecule has 20 heavy (non-hydrogen) atoms. The van der Waals surface area contributed by atoms with E-state index in [1.54, 1.807) is 6.07 Å². The van der Waals surface area contributed by atoms with Crippen LogP contribution in [-0.4, -0.2) is 0 Å². The monoisotopic (exact) mass is 345 g/mol. The van der Waals surface area contributed by atoms with E-state index in [-0.39, 0.29) is 6.04 Å². The average Bonchev–Trinajstić information content (AvgIpc) is 2.79. The van der Waals surface area contributed by atoms with Crippen molar-refractivity contribution in [2.75, 3.05) is 0 Å². The molecule has 3 rings (SSSR count). The molecule has 1 unspecified atom stereocenters. The van der Waals surface area contributed by atoms with Gasteiger partial charge in [-0.05, 0) is 35.6 Å². The molecule has 0 bridgehead atoms. The smallest absolute Gasteiger partial charge is 0.0785 e. The van der Waals surface area contributed by atoms with Gasteiger partial charge in [0.25, 0.3) is 0 Å². The lowest BCUT2D eigenvalue weighted by Crippen LogP contribution is -2.05. The first-order valence-electron chi connectivity index (χ1n) is 6.21. The molecule has 0 saturated carbocycles. The van der Waals surface area contributed by atoms with Gasteiger partial charge in [0.15, 0.2) is 0 Å². The first-order valence-corrected chi connectivity index (χ1v) is 7.72. The standard InChI is InChI=1S/C15H11Cl4N/c16-10-6-11(17)14(18)15(19)13(10)9-3-1-2-8-7(9)4-5-12(8)20/h1-3,6,12H,4-5,20H2. The van der Waals surface area contributed by atoms with Crippen molar-refractivity contribution in [1.29, 1.82) is 0 Å². The van der Waals surface area contributed by atoms with Crippen LogP contribution in [0.25, 0.3) is 11.1 Å². The summed E-state index contributed by atoms with van der Waals surface area (Å²) in [6.45, 7) is 0. The molecule has 1 atom stereocenters. The quantitative estimate of drug-likeness (QED) is 0.503. The van der Waals surface area contributed by atoms with Crippen LogP contribution in [0.5, 0.6) is 0 Å². The van der Waals surface area contributed by atoms with Crippen molar-refractivity contribution in [3.8, 4) is 11.1 Å². The van der Waals surface area contributed by atoms with Crippen molar-refractivity contribution < 1.29 is 0 Å². The van der Waals surface area contributed by atoms with Crippen LogP contribution in [0.1, 0.15) is 23.6 Å². The molecule has 0 saturated heterocycles. The molecule has 0 radical (unpaired) electrons. The Morgan fingerprint density at radius 3 is 2.50 bits per heavy atom. The highest BCUT2D eigenvalue weighted by atomic mass is 35.5. The fraction of sp³-hybridized carbons (Fsp3) is 0.200.